The van der Waals surface area contributed by atoms with Crippen molar-refractivity contribution in [2.45, 2.75) is 39.8 Å². The summed E-state index contributed by atoms with van der Waals surface area (Å²) in [6, 6.07) is 8.17. The number of aliphatic imine (C=N–C) groups is 1. The van der Waals surface area contributed by atoms with Crippen LogP contribution in [0.3, 0.4) is 0 Å². The monoisotopic (exact) mass is 263 g/mol. The Hall–Kier alpha value is -1.55. The Bertz CT molecular complexity index is 391. The van der Waals surface area contributed by atoms with E-state index in [0.29, 0.717) is 19.1 Å². The Morgan fingerprint density at radius 3 is 2.68 bits per heavy atom. The molecule has 1 aromatic carbocycles. The van der Waals surface area contributed by atoms with Gasteiger partial charge in [-0.1, -0.05) is 37.6 Å². The lowest BCUT2D eigenvalue weighted by Crippen LogP contribution is -2.32. The molecule has 0 unspecified atom stereocenters. The van der Waals surface area contributed by atoms with Gasteiger partial charge in [-0.05, 0) is 24.5 Å². The van der Waals surface area contributed by atoms with E-state index in [2.05, 4.69) is 29.4 Å². The van der Waals surface area contributed by atoms with Crippen molar-refractivity contribution in [2.24, 2.45) is 10.7 Å². The Morgan fingerprint density at radius 2 is 2.00 bits per heavy atom. The van der Waals surface area contributed by atoms with Gasteiger partial charge in [-0.3, -0.25) is 0 Å². The molecule has 0 heterocycles. The number of benzene rings is 1. The number of hydrogen-bond donors (Lipinski definition) is 2. The van der Waals surface area contributed by atoms with E-state index in [1.165, 1.54) is 5.56 Å². The van der Waals surface area contributed by atoms with Crippen molar-refractivity contribution < 1.29 is 4.74 Å². The minimum atomic E-state index is 0.514. The van der Waals surface area contributed by atoms with Crippen LogP contribution < -0.4 is 11.1 Å². The minimum absolute atomic E-state index is 0.514. The van der Waals surface area contributed by atoms with E-state index < -0.39 is 0 Å². The minimum Gasteiger partial charge on any atom is -0.377 e. The second-order valence-corrected chi connectivity index (χ2v) is 4.39. The predicted molar refractivity (Wildman–Crippen MR) is 80.0 cm³/mol. The van der Waals surface area contributed by atoms with Crippen molar-refractivity contribution in [1.82, 2.24) is 5.32 Å². The standard InChI is InChI=1S/C15H25N3O/c1-3-5-10-17-15(16)18-11-13-8-6-7-9-14(13)12-19-4-2/h6-9H,3-5,10-12H2,1-2H3,(H3,16,17,18). The van der Waals surface area contributed by atoms with E-state index in [4.69, 9.17) is 10.5 Å². The zero-order chi connectivity index (χ0) is 13.9. The van der Waals surface area contributed by atoms with Crippen LogP contribution in [0.1, 0.15) is 37.8 Å². The number of nitrogens with two attached hydrogens (primary N) is 1. The lowest BCUT2D eigenvalue weighted by Gasteiger charge is -2.08. The lowest BCUT2D eigenvalue weighted by molar-refractivity contribution is 0.133. The Kier molecular flexibility index (Phi) is 7.66. The number of rotatable bonds is 8. The third-order valence-electron chi connectivity index (χ3n) is 2.84. The molecule has 0 amide bonds. The molecule has 0 atom stereocenters. The molecular formula is C15H25N3O. The molecule has 106 valence electrons. The van der Waals surface area contributed by atoms with Crippen molar-refractivity contribution in [1.29, 1.82) is 0 Å². The summed E-state index contributed by atoms with van der Waals surface area (Å²) in [5.41, 5.74) is 8.16. The van der Waals surface area contributed by atoms with Gasteiger partial charge in [-0.2, -0.15) is 0 Å². The van der Waals surface area contributed by atoms with E-state index in [1.807, 2.05) is 19.1 Å². The molecule has 3 N–H and O–H groups in total. The van der Waals surface area contributed by atoms with Gasteiger partial charge in [0.05, 0.1) is 13.2 Å². The lowest BCUT2D eigenvalue weighted by atomic mass is 10.1. The molecule has 0 saturated heterocycles. The topological polar surface area (TPSA) is 59.6 Å². The van der Waals surface area contributed by atoms with Gasteiger partial charge < -0.3 is 15.8 Å². The van der Waals surface area contributed by atoms with Crippen molar-refractivity contribution in [3.05, 3.63) is 35.4 Å². The number of guanidine groups is 1. The maximum absolute atomic E-state index is 5.82. The summed E-state index contributed by atoms with van der Waals surface area (Å²) in [5.74, 6) is 0.514. The molecule has 0 radical (unpaired) electrons. The van der Waals surface area contributed by atoms with Gasteiger partial charge in [0, 0.05) is 13.2 Å². The van der Waals surface area contributed by atoms with E-state index in [0.717, 1.165) is 31.6 Å². The molecule has 0 aliphatic carbocycles. The molecule has 1 rings (SSSR count). The van der Waals surface area contributed by atoms with Gasteiger partial charge in [0.2, 0.25) is 0 Å². The summed E-state index contributed by atoms with van der Waals surface area (Å²) in [6.45, 7) is 6.97. The van der Waals surface area contributed by atoms with Crippen molar-refractivity contribution in [3.63, 3.8) is 0 Å². The van der Waals surface area contributed by atoms with Crippen LogP contribution in [-0.4, -0.2) is 19.1 Å². The van der Waals surface area contributed by atoms with Crippen LogP contribution >= 0.6 is 0 Å². The Labute approximate surface area is 116 Å². The van der Waals surface area contributed by atoms with Crippen LogP contribution in [-0.2, 0) is 17.9 Å². The average Bonchev–Trinajstić information content (AvgIpc) is 2.44. The molecule has 4 heteroatoms. The number of nitrogens with one attached hydrogen (secondary N) is 1. The third-order valence-corrected chi connectivity index (χ3v) is 2.84. The summed E-state index contributed by atoms with van der Waals surface area (Å²) in [4.78, 5) is 4.36. The fourth-order valence-corrected chi connectivity index (χ4v) is 1.68. The molecule has 1 aromatic rings. The van der Waals surface area contributed by atoms with Crippen LogP contribution in [0, 0.1) is 0 Å². The highest BCUT2D eigenvalue weighted by atomic mass is 16.5. The van der Waals surface area contributed by atoms with Crippen molar-refractivity contribution in [2.75, 3.05) is 13.2 Å². The van der Waals surface area contributed by atoms with Crippen LogP contribution in [0.5, 0.6) is 0 Å². The zero-order valence-electron chi connectivity index (χ0n) is 12.0. The maximum Gasteiger partial charge on any atom is 0.188 e. The molecule has 0 bridgehead atoms. The van der Waals surface area contributed by atoms with E-state index >= 15 is 0 Å². The molecule has 0 aromatic heterocycles. The number of nitrogens with zero attached hydrogens (tertiary/aromatic N) is 1. The van der Waals surface area contributed by atoms with E-state index in [9.17, 15) is 0 Å². The SMILES string of the molecule is CCCCNC(N)=NCc1ccccc1COCC. The molecule has 0 saturated carbocycles. The summed E-state index contributed by atoms with van der Waals surface area (Å²) < 4.78 is 5.45. The average molecular weight is 263 g/mol. The summed E-state index contributed by atoms with van der Waals surface area (Å²) >= 11 is 0. The fourth-order valence-electron chi connectivity index (χ4n) is 1.68. The van der Waals surface area contributed by atoms with Crippen molar-refractivity contribution >= 4 is 5.96 Å². The van der Waals surface area contributed by atoms with Crippen LogP contribution in [0.2, 0.25) is 0 Å². The molecule has 19 heavy (non-hydrogen) atoms. The largest absolute Gasteiger partial charge is 0.377 e. The van der Waals surface area contributed by atoms with Gasteiger partial charge >= 0.3 is 0 Å². The second kappa shape index (κ2) is 9.39. The molecule has 4 nitrogen and oxygen atoms in total. The predicted octanol–water partition coefficient (Wildman–Crippen LogP) is 2.43. The zero-order valence-corrected chi connectivity index (χ0v) is 12.0. The van der Waals surface area contributed by atoms with Crippen molar-refractivity contribution in [3.8, 4) is 0 Å². The second-order valence-electron chi connectivity index (χ2n) is 4.39. The Balaban J connectivity index is 2.53. The Morgan fingerprint density at radius 1 is 1.26 bits per heavy atom. The first-order valence-electron chi connectivity index (χ1n) is 6.96. The first-order valence-corrected chi connectivity index (χ1v) is 6.96. The van der Waals surface area contributed by atoms with Crippen LogP contribution in [0.25, 0.3) is 0 Å². The van der Waals surface area contributed by atoms with E-state index in [1.54, 1.807) is 0 Å². The van der Waals surface area contributed by atoms with Crippen LogP contribution in [0.15, 0.2) is 29.3 Å². The smallest absolute Gasteiger partial charge is 0.188 e. The van der Waals surface area contributed by atoms with Gasteiger partial charge in [-0.15, -0.1) is 0 Å². The summed E-state index contributed by atoms with van der Waals surface area (Å²) in [7, 11) is 0. The quantitative estimate of drug-likeness (QED) is 0.430. The maximum atomic E-state index is 5.82. The highest BCUT2D eigenvalue weighted by molar-refractivity contribution is 5.77. The van der Waals surface area contributed by atoms with Gasteiger partial charge in [0.1, 0.15) is 0 Å². The normalized spacial score (nSPS) is 11.6. The molecule has 0 fully saturated rings. The fraction of sp³-hybridized carbons (Fsp3) is 0.533. The highest BCUT2D eigenvalue weighted by Crippen LogP contribution is 2.11. The number of hydrogen-bond acceptors (Lipinski definition) is 2. The first kappa shape index (κ1) is 15.5. The molecule has 0 aliphatic heterocycles. The van der Waals surface area contributed by atoms with Crippen LogP contribution in [0.4, 0.5) is 0 Å². The summed E-state index contributed by atoms with van der Waals surface area (Å²) in [5, 5.41) is 3.11. The van der Waals surface area contributed by atoms with Gasteiger partial charge in [0.15, 0.2) is 5.96 Å². The number of unbranched alkanes of at least 4 members (excludes halogenated alkanes) is 1. The first-order chi connectivity index (χ1) is 9.27. The number of ether oxygens (including phenoxy) is 1. The molecule has 0 aliphatic rings. The third kappa shape index (κ3) is 6.25. The van der Waals surface area contributed by atoms with Gasteiger partial charge in [0.25, 0.3) is 0 Å². The molecular weight excluding hydrogens is 238 g/mol. The van der Waals surface area contributed by atoms with E-state index in [-0.39, 0.29) is 0 Å². The summed E-state index contributed by atoms with van der Waals surface area (Å²) in [6.07, 6.45) is 2.26. The molecule has 0 spiro atoms. The highest BCUT2D eigenvalue weighted by Gasteiger charge is 2.01. The van der Waals surface area contributed by atoms with Gasteiger partial charge in [-0.25, -0.2) is 4.99 Å².